The Labute approximate surface area is 165 Å². The van der Waals surface area contributed by atoms with Crippen molar-refractivity contribution in [3.63, 3.8) is 0 Å². The van der Waals surface area contributed by atoms with Gasteiger partial charge in [0.2, 0.25) is 0 Å². The van der Waals surface area contributed by atoms with Gasteiger partial charge in [0.15, 0.2) is 0 Å². The number of rotatable bonds is 17. The minimum atomic E-state index is -2.15. The number of hydrogen-bond donors (Lipinski definition) is 0. The first-order valence-corrected chi connectivity index (χ1v) is 19.2. The Morgan fingerprint density at radius 3 is 1.32 bits per heavy atom. The molecule has 0 radical (unpaired) electrons. The van der Waals surface area contributed by atoms with Gasteiger partial charge in [-0.3, -0.25) is 0 Å². The summed E-state index contributed by atoms with van der Waals surface area (Å²) in [6, 6.07) is 0. The predicted octanol–water partition coefficient (Wildman–Crippen LogP) is 8.91. The van der Waals surface area contributed by atoms with Crippen molar-refractivity contribution in [2.24, 2.45) is 0 Å². The van der Waals surface area contributed by atoms with E-state index >= 15 is 0 Å². The number of unbranched alkanes of at least 4 members (excludes halogenated alkanes) is 11. The first kappa shape index (κ1) is 25.4. The van der Waals surface area contributed by atoms with Crippen LogP contribution in [-0.4, -0.2) is 18.4 Å². The zero-order chi connectivity index (χ0) is 18.6. The molecule has 0 fully saturated rings. The van der Waals surface area contributed by atoms with Crippen LogP contribution in [0.2, 0.25) is 13.3 Å². The molecule has 0 saturated heterocycles. The first-order chi connectivity index (χ1) is 12.2. The summed E-state index contributed by atoms with van der Waals surface area (Å²) in [6.45, 7) is 9.35. The van der Waals surface area contributed by atoms with E-state index in [1.165, 1.54) is 110 Å². The Hall–Kier alpha value is 0.359. The average Bonchev–Trinajstić information content (AvgIpc) is 2.64. The first-order valence-electron chi connectivity index (χ1n) is 11.7. The zero-order valence-corrected chi connectivity index (χ0v) is 21.1. The van der Waals surface area contributed by atoms with Crippen LogP contribution < -0.4 is 0 Å². The maximum absolute atomic E-state index is 4.02. The van der Waals surface area contributed by atoms with Gasteiger partial charge in [-0.05, 0) is 0 Å². The van der Waals surface area contributed by atoms with Crippen LogP contribution in [0.3, 0.4) is 0 Å². The van der Waals surface area contributed by atoms with Crippen LogP contribution in [0.25, 0.3) is 0 Å². The molecular formula is C24H48Sn. The van der Waals surface area contributed by atoms with E-state index in [9.17, 15) is 0 Å². The summed E-state index contributed by atoms with van der Waals surface area (Å²) in [5, 5.41) is 0. The fraction of sp³-hybridized carbons (Fsp3) is 0.917. The fourth-order valence-electron chi connectivity index (χ4n) is 3.71. The molecule has 0 nitrogen and oxygen atoms in total. The van der Waals surface area contributed by atoms with Gasteiger partial charge in [0, 0.05) is 0 Å². The average molecular weight is 455 g/mol. The summed E-state index contributed by atoms with van der Waals surface area (Å²) in [6.07, 6.45) is 20.9. The van der Waals surface area contributed by atoms with E-state index in [4.69, 9.17) is 0 Å². The molecule has 25 heavy (non-hydrogen) atoms. The SMILES string of the molecule is CCCCCCCCCCC#[C][Sn]([CH2]CCC)([CH2]CCC)[CH2]CCC. The molecule has 0 unspecified atom stereocenters. The van der Waals surface area contributed by atoms with Crippen molar-refractivity contribution in [2.75, 3.05) is 0 Å². The molecule has 0 spiro atoms. The van der Waals surface area contributed by atoms with Gasteiger partial charge in [-0.15, -0.1) is 0 Å². The molecule has 0 N–H and O–H groups in total. The van der Waals surface area contributed by atoms with Crippen molar-refractivity contribution in [3.8, 4) is 9.86 Å². The molecule has 148 valence electrons. The molecule has 1 heteroatoms. The van der Waals surface area contributed by atoms with Crippen LogP contribution in [0, 0.1) is 9.86 Å². The standard InChI is InChI=1S/C12H21.3C4H9.Sn/c1-3-5-7-9-11-12-10-8-6-4-2;3*1-3-4-2;/h3,5-12H2,1H3;3*1,3-4H2,2H3;. The predicted molar refractivity (Wildman–Crippen MR) is 120 cm³/mol. The van der Waals surface area contributed by atoms with Crippen LogP contribution in [0.4, 0.5) is 0 Å². The monoisotopic (exact) mass is 456 g/mol. The third-order valence-electron chi connectivity index (χ3n) is 5.54. The van der Waals surface area contributed by atoms with Crippen molar-refractivity contribution >= 4 is 18.4 Å². The molecule has 0 amide bonds. The topological polar surface area (TPSA) is 0 Å². The second-order valence-corrected chi connectivity index (χ2v) is 20.4. The van der Waals surface area contributed by atoms with Crippen molar-refractivity contribution in [1.82, 2.24) is 0 Å². The summed E-state index contributed by atoms with van der Waals surface area (Å²) >= 11 is -2.15. The minimum absolute atomic E-state index is 1.18. The molecular weight excluding hydrogens is 407 g/mol. The Balaban J connectivity index is 4.26. The summed E-state index contributed by atoms with van der Waals surface area (Å²) in [5.74, 6) is 3.71. The Morgan fingerprint density at radius 2 is 0.880 bits per heavy atom. The molecule has 0 heterocycles. The normalized spacial score (nSPS) is 11.4. The molecule has 0 atom stereocenters. The summed E-state index contributed by atoms with van der Waals surface area (Å²) in [7, 11) is 0. The van der Waals surface area contributed by atoms with Gasteiger partial charge < -0.3 is 0 Å². The quantitative estimate of drug-likeness (QED) is 0.117. The summed E-state index contributed by atoms with van der Waals surface area (Å²) in [4.78, 5) is 0. The molecule has 0 bridgehead atoms. The van der Waals surface area contributed by atoms with Crippen LogP contribution in [0.15, 0.2) is 0 Å². The molecule has 0 aliphatic rings. The second-order valence-electron chi connectivity index (χ2n) is 8.12. The van der Waals surface area contributed by atoms with Gasteiger partial charge in [-0.2, -0.15) is 0 Å². The van der Waals surface area contributed by atoms with E-state index in [2.05, 4.69) is 37.6 Å². The van der Waals surface area contributed by atoms with Crippen molar-refractivity contribution in [2.45, 2.75) is 137 Å². The van der Waals surface area contributed by atoms with Crippen molar-refractivity contribution in [1.29, 1.82) is 0 Å². The van der Waals surface area contributed by atoms with Crippen molar-refractivity contribution < 1.29 is 0 Å². The summed E-state index contributed by atoms with van der Waals surface area (Å²) in [5.41, 5.74) is 0. The van der Waals surface area contributed by atoms with Crippen LogP contribution in [-0.2, 0) is 0 Å². The van der Waals surface area contributed by atoms with E-state index in [0.717, 1.165) is 0 Å². The van der Waals surface area contributed by atoms with E-state index in [1.54, 1.807) is 0 Å². The second kappa shape index (κ2) is 19.1. The molecule has 0 rings (SSSR count). The zero-order valence-electron chi connectivity index (χ0n) is 18.2. The fourth-order valence-corrected chi connectivity index (χ4v) is 17.2. The molecule has 0 aromatic carbocycles. The molecule has 0 saturated carbocycles. The molecule has 0 aliphatic heterocycles. The maximum atomic E-state index is 4.02. The number of hydrogen-bond acceptors (Lipinski definition) is 0. The van der Waals surface area contributed by atoms with E-state index < -0.39 is 18.4 Å². The van der Waals surface area contributed by atoms with Gasteiger partial charge in [0.25, 0.3) is 0 Å². The van der Waals surface area contributed by atoms with Gasteiger partial charge in [-0.1, -0.05) is 0 Å². The van der Waals surface area contributed by atoms with E-state index in [0.29, 0.717) is 0 Å². The Kier molecular flexibility index (Phi) is 19.4. The van der Waals surface area contributed by atoms with E-state index in [-0.39, 0.29) is 0 Å². The Bertz CT molecular complexity index is 301. The van der Waals surface area contributed by atoms with Gasteiger partial charge >= 0.3 is 166 Å². The van der Waals surface area contributed by atoms with E-state index in [1.807, 2.05) is 0 Å². The molecule has 0 aromatic heterocycles. The third-order valence-corrected chi connectivity index (χ3v) is 18.8. The molecule has 0 aliphatic carbocycles. The van der Waals surface area contributed by atoms with Crippen LogP contribution in [0.5, 0.6) is 0 Å². The van der Waals surface area contributed by atoms with Crippen LogP contribution in [0.1, 0.15) is 124 Å². The molecule has 0 aromatic rings. The van der Waals surface area contributed by atoms with Gasteiger partial charge in [0.05, 0.1) is 0 Å². The van der Waals surface area contributed by atoms with Gasteiger partial charge in [0.1, 0.15) is 0 Å². The summed E-state index contributed by atoms with van der Waals surface area (Å²) < 4.78 is 8.63. The third kappa shape index (κ3) is 15.1. The Morgan fingerprint density at radius 1 is 0.480 bits per heavy atom. The van der Waals surface area contributed by atoms with Gasteiger partial charge in [-0.25, -0.2) is 0 Å². The van der Waals surface area contributed by atoms with Crippen LogP contribution >= 0.6 is 0 Å². The van der Waals surface area contributed by atoms with Crippen molar-refractivity contribution in [3.05, 3.63) is 0 Å².